The SMILES string of the molecule is CN(C)NC(=O)Cc1ccc(Br)s1. The molecule has 0 radical (unpaired) electrons. The van der Waals surface area contributed by atoms with Crippen molar-refractivity contribution in [2.75, 3.05) is 14.1 Å². The molecule has 1 heterocycles. The summed E-state index contributed by atoms with van der Waals surface area (Å²) in [6, 6.07) is 3.90. The van der Waals surface area contributed by atoms with Crippen molar-refractivity contribution in [3.05, 3.63) is 20.8 Å². The maximum atomic E-state index is 11.3. The molecule has 1 amide bonds. The van der Waals surface area contributed by atoms with Crippen LogP contribution in [0, 0.1) is 0 Å². The Labute approximate surface area is 89.8 Å². The van der Waals surface area contributed by atoms with E-state index in [0.29, 0.717) is 6.42 Å². The molecule has 0 saturated heterocycles. The fourth-order valence-corrected chi connectivity index (χ4v) is 2.38. The van der Waals surface area contributed by atoms with Gasteiger partial charge in [-0.3, -0.25) is 10.2 Å². The van der Waals surface area contributed by atoms with Crippen molar-refractivity contribution in [2.45, 2.75) is 6.42 Å². The van der Waals surface area contributed by atoms with Crippen molar-refractivity contribution in [1.29, 1.82) is 0 Å². The Morgan fingerprint density at radius 3 is 2.77 bits per heavy atom. The lowest BCUT2D eigenvalue weighted by molar-refractivity contribution is -0.124. The van der Waals surface area contributed by atoms with Crippen molar-refractivity contribution in [1.82, 2.24) is 10.4 Å². The summed E-state index contributed by atoms with van der Waals surface area (Å²) in [6.45, 7) is 0. The first kappa shape index (κ1) is 10.7. The van der Waals surface area contributed by atoms with Crippen molar-refractivity contribution in [3.63, 3.8) is 0 Å². The molecule has 1 aromatic heterocycles. The molecule has 0 bridgehead atoms. The summed E-state index contributed by atoms with van der Waals surface area (Å²) >= 11 is 4.93. The number of hydrogen-bond donors (Lipinski definition) is 1. The Balaban J connectivity index is 2.45. The van der Waals surface area contributed by atoms with Gasteiger partial charge in [-0.05, 0) is 28.1 Å². The molecular formula is C8H11BrN2OS. The van der Waals surface area contributed by atoms with E-state index < -0.39 is 0 Å². The Morgan fingerprint density at radius 2 is 2.31 bits per heavy atom. The molecule has 0 fully saturated rings. The first-order valence-corrected chi connectivity index (χ1v) is 5.40. The minimum Gasteiger partial charge on any atom is -0.289 e. The quantitative estimate of drug-likeness (QED) is 0.841. The van der Waals surface area contributed by atoms with E-state index in [-0.39, 0.29) is 5.91 Å². The van der Waals surface area contributed by atoms with Crippen molar-refractivity contribution < 1.29 is 4.79 Å². The summed E-state index contributed by atoms with van der Waals surface area (Å²) in [5, 5.41) is 1.64. The lowest BCUT2D eigenvalue weighted by atomic mass is 10.3. The van der Waals surface area contributed by atoms with Gasteiger partial charge in [0.2, 0.25) is 5.91 Å². The van der Waals surface area contributed by atoms with Crippen LogP contribution in [0.1, 0.15) is 4.88 Å². The van der Waals surface area contributed by atoms with Crippen LogP contribution in [0.4, 0.5) is 0 Å². The van der Waals surface area contributed by atoms with Gasteiger partial charge in [0.05, 0.1) is 10.2 Å². The van der Waals surface area contributed by atoms with E-state index in [1.165, 1.54) is 0 Å². The summed E-state index contributed by atoms with van der Waals surface area (Å²) in [5.74, 6) is 0.0133. The molecule has 0 atom stereocenters. The lowest BCUT2D eigenvalue weighted by Gasteiger charge is -2.10. The van der Waals surface area contributed by atoms with E-state index in [2.05, 4.69) is 21.4 Å². The normalized spacial score (nSPS) is 10.5. The number of amides is 1. The number of halogens is 1. The standard InChI is InChI=1S/C8H11BrN2OS/c1-11(2)10-8(12)5-6-3-4-7(9)13-6/h3-4H,5H2,1-2H3,(H,10,12). The summed E-state index contributed by atoms with van der Waals surface area (Å²) in [4.78, 5) is 12.3. The molecule has 0 aromatic carbocycles. The van der Waals surface area contributed by atoms with Crippen LogP contribution >= 0.6 is 27.3 Å². The zero-order valence-corrected chi connectivity index (χ0v) is 9.91. The second-order valence-electron chi connectivity index (χ2n) is 2.81. The summed E-state index contributed by atoms with van der Waals surface area (Å²) in [6.07, 6.45) is 0.439. The second kappa shape index (κ2) is 4.74. The number of hydrazine groups is 1. The van der Waals surface area contributed by atoms with Gasteiger partial charge >= 0.3 is 0 Å². The highest BCUT2D eigenvalue weighted by atomic mass is 79.9. The molecule has 1 rings (SSSR count). The average Bonchev–Trinajstić information content (AvgIpc) is 2.33. The Morgan fingerprint density at radius 1 is 1.62 bits per heavy atom. The van der Waals surface area contributed by atoms with Gasteiger partial charge in [0.15, 0.2) is 0 Å². The van der Waals surface area contributed by atoms with Crippen LogP contribution in [0.25, 0.3) is 0 Å². The number of carbonyl (C=O) groups excluding carboxylic acids is 1. The minimum atomic E-state index is 0.0133. The molecule has 0 unspecified atom stereocenters. The monoisotopic (exact) mass is 262 g/mol. The van der Waals surface area contributed by atoms with Crippen LogP contribution in [0.5, 0.6) is 0 Å². The van der Waals surface area contributed by atoms with E-state index in [4.69, 9.17) is 0 Å². The van der Waals surface area contributed by atoms with Gasteiger partial charge in [-0.2, -0.15) is 0 Å². The van der Waals surface area contributed by atoms with Gasteiger partial charge < -0.3 is 0 Å². The van der Waals surface area contributed by atoms with Crippen LogP contribution in [0.3, 0.4) is 0 Å². The van der Waals surface area contributed by atoms with Gasteiger partial charge in [0.25, 0.3) is 0 Å². The predicted octanol–water partition coefficient (Wildman–Crippen LogP) is 1.65. The van der Waals surface area contributed by atoms with Crippen molar-refractivity contribution in [2.24, 2.45) is 0 Å². The molecule has 0 aliphatic heterocycles. The van der Waals surface area contributed by atoms with Crippen LogP contribution in [-0.2, 0) is 11.2 Å². The third-order valence-electron chi connectivity index (χ3n) is 1.31. The second-order valence-corrected chi connectivity index (χ2v) is 5.36. The molecule has 0 aliphatic rings. The average molecular weight is 263 g/mol. The number of rotatable bonds is 3. The molecular weight excluding hydrogens is 252 g/mol. The number of hydrogen-bond acceptors (Lipinski definition) is 3. The van der Waals surface area contributed by atoms with E-state index in [1.54, 1.807) is 30.4 Å². The predicted molar refractivity (Wildman–Crippen MR) is 57.6 cm³/mol. The topological polar surface area (TPSA) is 32.3 Å². The Hall–Kier alpha value is -0.390. The van der Waals surface area contributed by atoms with Gasteiger partial charge in [0.1, 0.15) is 0 Å². The van der Waals surface area contributed by atoms with Crippen molar-refractivity contribution >= 4 is 33.2 Å². The molecule has 3 nitrogen and oxygen atoms in total. The number of carbonyl (C=O) groups is 1. The highest BCUT2D eigenvalue weighted by molar-refractivity contribution is 9.11. The summed E-state index contributed by atoms with van der Waals surface area (Å²) < 4.78 is 1.06. The maximum absolute atomic E-state index is 11.3. The molecule has 72 valence electrons. The third-order valence-corrected chi connectivity index (χ3v) is 2.94. The van der Waals surface area contributed by atoms with E-state index in [9.17, 15) is 4.79 Å². The van der Waals surface area contributed by atoms with Gasteiger partial charge in [-0.1, -0.05) is 0 Å². The number of nitrogens with zero attached hydrogens (tertiary/aromatic N) is 1. The van der Waals surface area contributed by atoms with E-state index in [0.717, 1.165) is 8.66 Å². The lowest BCUT2D eigenvalue weighted by Crippen LogP contribution is -2.36. The fourth-order valence-electron chi connectivity index (χ4n) is 0.894. The first-order chi connectivity index (χ1) is 6.08. The largest absolute Gasteiger partial charge is 0.289 e. The van der Waals surface area contributed by atoms with Crippen LogP contribution in [0.2, 0.25) is 0 Å². The maximum Gasteiger partial charge on any atom is 0.239 e. The van der Waals surface area contributed by atoms with Crippen LogP contribution < -0.4 is 5.43 Å². The molecule has 0 spiro atoms. The number of nitrogens with one attached hydrogen (secondary N) is 1. The first-order valence-electron chi connectivity index (χ1n) is 3.79. The van der Waals surface area contributed by atoms with Crippen molar-refractivity contribution in [3.8, 4) is 0 Å². The van der Waals surface area contributed by atoms with E-state index in [1.807, 2.05) is 12.1 Å². The van der Waals surface area contributed by atoms with Gasteiger partial charge in [0, 0.05) is 19.0 Å². The van der Waals surface area contributed by atoms with Crippen LogP contribution in [-0.4, -0.2) is 25.0 Å². The number of thiophene rings is 1. The molecule has 13 heavy (non-hydrogen) atoms. The molecule has 5 heteroatoms. The van der Waals surface area contributed by atoms with Gasteiger partial charge in [-0.15, -0.1) is 11.3 Å². The zero-order chi connectivity index (χ0) is 9.84. The molecule has 0 aliphatic carbocycles. The minimum absolute atomic E-state index is 0.0133. The summed E-state index contributed by atoms with van der Waals surface area (Å²) in [5.41, 5.74) is 2.69. The van der Waals surface area contributed by atoms with Gasteiger partial charge in [-0.25, -0.2) is 5.01 Å². The Kier molecular flexibility index (Phi) is 3.90. The molecule has 0 saturated carbocycles. The zero-order valence-electron chi connectivity index (χ0n) is 7.50. The Bertz CT molecular complexity index is 298. The highest BCUT2D eigenvalue weighted by Crippen LogP contribution is 2.22. The molecule has 1 aromatic rings. The summed E-state index contributed by atoms with van der Waals surface area (Å²) in [7, 11) is 3.59. The third kappa shape index (κ3) is 3.89. The smallest absolute Gasteiger partial charge is 0.239 e. The highest BCUT2D eigenvalue weighted by Gasteiger charge is 2.05. The van der Waals surface area contributed by atoms with Crippen LogP contribution in [0.15, 0.2) is 15.9 Å². The molecule has 1 N–H and O–H groups in total. The van der Waals surface area contributed by atoms with E-state index >= 15 is 0 Å². The fraction of sp³-hybridized carbons (Fsp3) is 0.375.